The molecule has 0 aliphatic carbocycles. The van der Waals surface area contributed by atoms with E-state index in [-0.39, 0.29) is 36.1 Å². The number of halogens is 1. The molecule has 1 heterocycles. The smallest absolute Gasteiger partial charge is 0.321 e. The Balaban J connectivity index is 1.56. The van der Waals surface area contributed by atoms with Crippen LogP contribution in [-0.2, 0) is 16.0 Å². The second-order valence-electron chi connectivity index (χ2n) is 8.34. The van der Waals surface area contributed by atoms with E-state index < -0.39 is 6.04 Å². The number of rotatable bonds is 8. The molecule has 1 aliphatic heterocycles. The van der Waals surface area contributed by atoms with Crippen molar-refractivity contribution in [1.82, 2.24) is 15.5 Å². The number of likely N-dealkylation sites (tertiary alicyclic amines) is 1. The van der Waals surface area contributed by atoms with Crippen LogP contribution in [0.25, 0.3) is 0 Å². The summed E-state index contributed by atoms with van der Waals surface area (Å²) < 4.78 is 23.7. The van der Waals surface area contributed by atoms with Crippen LogP contribution in [0.15, 0.2) is 42.5 Å². The Labute approximate surface area is 204 Å². The topological polar surface area (TPSA) is 109 Å². The van der Waals surface area contributed by atoms with Gasteiger partial charge in [0.25, 0.3) is 0 Å². The van der Waals surface area contributed by atoms with Crippen LogP contribution in [0, 0.1) is 5.82 Å². The summed E-state index contributed by atoms with van der Waals surface area (Å²) in [5, 5.41) is 8.46. The average Bonchev–Trinajstić information content (AvgIpc) is 2.85. The van der Waals surface area contributed by atoms with Crippen molar-refractivity contribution in [3.8, 4) is 11.5 Å². The van der Waals surface area contributed by atoms with Crippen molar-refractivity contribution in [3.63, 3.8) is 0 Å². The number of nitrogens with zero attached hydrogens (tertiary/aromatic N) is 1. The fourth-order valence-corrected chi connectivity index (χ4v) is 3.96. The Morgan fingerprint density at radius 1 is 1.06 bits per heavy atom. The number of benzene rings is 2. The Hall–Kier alpha value is -3.82. The number of methoxy groups -OCH3 is 2. The number of amides is 4. The minimum atomic E-state index is -0.783. The van der Waals surface area contributed by atoms with Crippen molar-refractivity contribution < 1.29 is 28.2 Å². The molecule has 1 saturated heterocycles. The second-order valence-corrected chi connectivity index (χ2v) is 8.34. The standard InChI is InChI=1S/C25H31FN4O5/c1-16(31)27-22(14-17-4-9-21(34-2)15-23(17)35-3)24(32)28-20-10-12-30(13-11-20)25(33)29-19-7-5-18(26)6-8-19/h4-9,15,20,22H,10-14H2,1-3H3,(H,27,31)(H,28,32)(H,29,33)/t22-/m0/s1. The molecule has 0 aromatic heterocycles. The third-order valence-electron chi connectivity index (χ3n) is 5.84. The lowest BCUT2D eigenvalue weighted by molar-refractivity contribution is -0.128. The lowest BCUT2D eigenvalue weighted by Crippen LogP contribution is -2.53. The van der Waals surface area contributed by atoms with E-state index in [1.54, 1.807) is 30.2 Å². The highest BCUT2D eigenvalue weighted by atomic mass is 19.1. The van der Waals surface area contributed by atoms with Crippen molar-refractivity contribution in [2.24, 2.45) is 0 Å². The van der Waals surface area contributed by atoms with Crippen molar-refractivity contribution in [2.75, 3.05) is 32.6 Å². The van der Waals surface area contributed by atoms with Crippen molar-refractivity contribution >= 4 is 23.5 Å². The van der Waals surface area contributed by atoms with Crippen LogP contribution in [0.1, 0.15) is 25.3 Å². The van der Waals surface area contributed by atoms with Gasteiger partial charge in [0, 0.05) is 44.2 Å². The van der Waals surface area contributed by atoms with Gasteiger partial charge in [-0.3, -0.25) is 9.59 Å². The number of ether oxygens (including phenoxy) is 2. The number of carbonyl (C=O) groups is 3. The minimum absolute atomic E-state index is 0.133. The van der Waals surface area contributed by atoms with Gasteiger partial charge >= 0.3 is 6.03 Å². The van der Waals surface area contributed by atoms with E-state index in [4.69, 9.17) is 9.47 Å². The summed E-state index contributed by atoms with van der Waals surface area (Å²) in [6, 6.07) is 9.68. The fourth-order valence-electron chi connectivity index (χ4n) is 3.96. The Morgan fingerprint density at radius 2 is 1.74 bits per heavy atom. The predicted octanol–water partition coefficient (Wildman–Crippen LogP) is 2.70. The number of nitrogens with one attached hydrogen (secondary N) is 3. The molecule has 10 heteroatoms. The first-order valence-electron chi connectivity index (χ1n) is 11.4. The SMILES string of the molecule is COc1ccc(C[C@H](NC(C)=O)C(=O)NC2CCN(C(=O)Nc3ccc(F)cc3)CC2)c(OC)c1. The van der Waals surface area contributed by atoms with Crippen LogP contribution < -0.4 is 25.4 Å². The van der Waals surface area contributed by atoms with E-state index in [9.17, 15) is 18.8 Å². The van der Waals surface area contributed by atoms with Gasteiger partial charge in [-0.15, -0.1) is 0 Å². The molecular weight excluding hydrogens is 455 g/mol. The molecule has 188 valence electrons. The van der Waals surface area contributed by atoms with Gasteiger partial charge in [0.15, 0.2) is 0 Å². The zero-order valence-corrected chi connectivity index (χ0v) is 20.1. The predicted molar refractivity (Wildman–Crippen MR) is 129 cm³/mol. The molecule has 3 rings (SSSR count). The number of hydrogen-bond donors (Lipinski definition) is 3. The minimum Gasteiger partial charge on any atom is -0.497 e. The highest BCUT2D eigenvalue weighted by Crippen LogP contribution is 2.26. The summed E-state index contributed by atoms with van der Waals surface area (Å²) >= 11 is 0. The zero-order chi connectivity index (χ0) is 25.4. The molecule has 0 unspecified atom stereocenters. The van der Waals surface area contributed by atoms with Gasteiger partial charge in [-0.25, -0.2) is 9.18 Å². The van der Waals surface area contributed by atoms with Gasteiger partial charge in [0.2, 0.25) is 11.8 Å². The van der Waals surface area contributed by atoms with Crippen molar-refractivity contribution in [3.05, 3.63) is 53.8 Å². The van der Waals surface area contributed by atoms with Crippen molar-refractivity contribution in [1.29, 1.82) is 0 Å². The van der Waals surface area contributed by atoms with Crippen LogP contribution >= 0.6 is 0 Å². The van der Waals surface area contributed by atoms with E-state index >= 15 is 0 Å². The third-order valence-corrected chi connectivity index (χ3v) is 5.84. The van der Waals surface area contributed by atoms with E-state index in [0.717, 1.165) is 5.56 Å². The quantitative estimate of drug-likeness (QED) is 0.532. The highest BCUT2D eigenvalue weighted by molar-refractivity contribution is 5.89. The molecular formula is C25H31FN4O5. The molecule has 0 spiro atoms. The summed E-state index contributed by atoms with van der Waals surface area (Å²) in [5.74, 6) is 0.203. The van der Waals surface area contributed by atoms with E-state index in [0.29, 0.717) is 43.1 Å². The van der Waals surface area contributed by atoms with Crippen LogP contribution in [0.2, 0.25) is 0 Å². The normalized spacial score (nSPS) is 14.6. The molecule has 1 aliphatic rings. The molecule has 0 radical (unpaired) electrons. The summed E-state index contributed by atoms with van der Waals surface area (Å²) in [7, 11) is 3.09. The third kappa shape index (κ3) is 7.33. The largest absolute Gasteiger partial charge is 0.497 e. The van der Waals surface area contributed by atoms with Crippen LogP contribution in [0.4, 0.5) is 14.9 Å². The Bertz CT molecular complexity index is 1040. The van der Waals surface area contributed by atoms with Crippen LogP contribution in [0.5, 0.6) is 11.5 Å². The van der Waals surface area contributed by atoms with Crippen molar-refractivity contribution in [2.45, 2.75) is 38.3 Å². The van der Waals surface area contributed by atoms with Gasteiger partial charge in [-0.2, -0.15) is 0 Å². The first-order chi connectivity index (χ1) is 16.8. The van der Waals surface area contributed by atoms with Gasteiger partial charge in [-0.1, -0.05) is 6.07 Å². The van der Waals surface area contributed by atoms with Gasteiger partial charge < -0.3 is 30.3 Å². The number of anilines is 1. The van der Waals surface area contributed by atoms with E-state index in [1.807, 2.05) is 0 Å². The monoisotopic (exact) mass is 486 g/mol. The van der Waals surface area contributed by atoms with E-state index in [2.05, 4.69) is 16.0 Å². The van der Waals surface area contributed by atoms with Crippen LogP contribution in [0.3, 0.4) is 0 Å². The maximum absolute atomic E-state index is 13.1. The van der Waals surface area contributed by atoms with Gasteiger partial charge in [0.1, 0.15) is 23.4 Å². The molecule has 4 amide bonds. The van der Waals surface area contributed by atoms with Crippen LogP contribution in [-0.4, -0.2) is 62.1 Å². The highest BCUT2D eigenvalue weighted by Gasteiger charge is 2.28. The summed E-state index contributed by atoms with van der Waals surface area (Å²) in [5.41, 5.74) is 1.27. The van der Waals surface area contributed by atoms with Gasteiger partial charge in [-0.05, 0) is 48.7 Å². The summed E-state index contributed by atoms with van der Waals surface area (Å²) in [6.45, 7) is 2.27. The first-order valence-corrected chi connectivity index (χ1v) is 11.4. The maximum Gasteiger partial charge on any atom is 0.321 e. The number of piperidine rings is 1. The second kappa shape index (κ2) is 12.0. The summed E-state index contributed by atoms with van der Waals surface area (Å²) in [4.78, 5) is 38.9. The molecule has 0 saturated carbocycles. The number of carbonyl (C=O) groups excluding carboxylic acids is 3. The molecule has 9 nitrogen and oxygen atoms in total. The number of urea groups is 1. The Morgan fingerprint density at radius 3 is 2.34 bits per heavy atom. The zero-order valence-electron chi connectivity index (χ0n) is 20.1. The molecule has 1 atom stereocenters. The molecule has 2 aromatic rings. The van der Waals surface area contributed by atoms with E-state index in [1.165, 1.54) is 38.3 Å². The Kier molecular flexibility index (Phi) is 8.88. The molecule has 1 fully saturated rings. The molecule has 2 aromatic carbocycles. The number of hydrogen-bond acceptors (Lipinski definition) is 5. The average molecular weight is 487 g/mol. The lowest BCUT2D eigenvalue weighted by atomic mass is 10.0. The molecule has 35 heavy (non-hydrogen) atoms. The molecule has 0 bridgehead atoms. The molecule has 3 N–H and O–H groups in total. The lowest BCUT2D eigenvalue weighted by Gasteiger charge is -2.33. The first kappa shape index (κ1) is 25.8. The summed E-state index contributed by atoms with van der Waals surface area (Å²) in [6.07, 6.45) is 1.39. The fraction of sp³-hybridized carbons (Fsp3) is 0.400. The van der Waals surface area contributed by atoms with Gasteiger partial charge in [0.05, 0.1) is 14.2 Å². The maximum atomic E-state index is 13.1.